The van der Waals surface area contributed by atoms with E-state index in [4.69, 9.17) is 21.3 Å². The normalized spacial score (nSPS) is 11.4. The van der Waals surface area contributed by atoms with Gasteiger partial charge in [-0.05, 0) is 57.8 Å². The van der Waals surface area contributed by atoms with Gasteiger partial charge >= 0.3 is 0 Å². The molecule has 5 aromatic rings. The summed E-state index contributed by atoms with van der Waals surface area (Å²) in [5.74, 6) is 0.199. The Hall–Kier alpha value is -4.98. The minimum atomic E-state index is -0.291. The Labute approximate surface area is 260 Å². The lowest BCUT2D eigenvalue weighted by molar-refractivity contribution is -0.111. The van der Waals surface area contributed by atoms with Gasteiger partial charge in [0, 0.05) is 41.3 Å². The van der Waals surface area contributed by atoms with Gasteiger partial charge in [-0.25, -0.2) is 0 Å². The number of carbonyl (C=O) groups excluding carboxylic acids is 1. The van der Waals surface area contributed by atoms with E-state index in [1.807, 2.05) is 67.9 Å². The molecule has 2 aromatic carbocycles. The number of nitrogens with zero attached hydrogens (tertiary/aromatic N) is 6. The number of benzene rings is 2. The third-order valence-electron chi connectivity index (χ3n) is 6.90. The number of nitriles is 1. The van der Waals surface area contributed by atoms with Gasteiger partial charge in [-0.2, -0.15) is 10.4 Å². The van der Waals surface area contributed by atoms with Crippen LogP contribution >= 0.6 is 11.6 Å². The monoisotopic (exact) mass is 608 g/mol. The second-order valence-corrected chi connectivity index (χ2v) is 10.8. The number of aromatic nitrogens is 4. The van der Waals surface area contributed by atoms with Gasteiger partial charge in [0.25, 0.3) is 0 Å². The zero-order valence-electron chi connectivity index (χ0n) is 25.1. The molecule has 0 radical (unpaired) electrons. The summed E-state index contributed by atoms with van der Waals surface area (Å²) in [4.78, 5) is 23.9. The average Bonchev–Trinajstić information content (AvgIpc) is 3.40. The Balaban J connectivity index is 1.58. The number of anilines is 3. The first-order valence-corrected chi connectivity index (χ1v) is 14.7. The number of hydrogen-bond acceptors (Lipinski definition) is 8. The fourth-order valence-electron chi connectivity index (χ4n) is 4.93. The molecule has 3 heterocycles. The number of amides is 1. The zero-order chi connectivity index (χ0) is 31.2. The highest BCUT2D eigenvalue weighted by Crippen LogP contribution is 2.39. The van der Waals surface area contributed by atoms with Crippen molar-refractivity contribution in [2.45, 2.75) is 26.8 Å². The molecule has 0 bridgehead atoms. The molecule has 0 fully saturated rings. The minimum absolute atomic E-state index is 0.291. The summed E-state index contributed by atoms with van der Waals surface area (Å²) in [6, 6.07) is 15.4. The highest BCUT2D eigenvalue weighted by Gasteiger charge is 2.19. The molecule has 0 aliphatic carbocycles. The maximum absolute atomic E-state index is 12.8. The number of hydrogen-bond donors (Lipinski definition) is 2. The van der Waals surface area contributed by atoms with E-state index < -0.39 is 0 Å². The molecule has 0 aliphatic heterocycles. The van der Waals surface area contributed by atoms with Crippen molar-refractivity contribution in [3.05, 3.63) is 89.0 Å². The molecule has 0 saturated carbocycles. The van der Waals surface area contributed by atoms with Gasteiger partial charge in [0.05, 0.1) is 63.7 Å². The summed E-state index contributed by atoms with van der Waals surface area (Å²) < 4.78 is 7.70. The third-order valence-corrected chi connectivity index (χ3v) is 7.19. The van der Waals surface area contributed by atoms with E-state index >= 15 is 0 Å². The van der Waals surface area contributed by atoms with Gasteiger partial charge < -0.3 is 20.3 Å². The third kappa shape index (κ3) is 6.64. The lowest BCUT2D eigenvalue weighted by Crippen LogP contribution is -2.13. The van der Waals surface area contributed by atoms with Crippen LogP contribution in [0.5, 0.6) is 5.75 Å². The fraction of sp³-hybridized carbons (Fsp3) is 0.242. The van der Waals surface area contributed by atoms with Gasteiger partial charge in [0.2, 0.25) is 5.91 Å². The van der Waals surface area contributed by atoms with E-state index in [-0.39, 0.29) is 5.91 Å². The van der Waals surface area contributed by atoms with Crippen LogP contribution in [0.4, 0.5) is 17.1 Å². The quantitative estimate of drug-likeness (QED) is 0.167. The highest BCUT2D eigenvalue weighted by atomic mass is 35.5. The predicted molar refractivity (Wildman–Crippen MR) is 175 cm³/mol. The van der Waals surface area contributed by atoms with Crippen molar-refractivity contribution in [2.24, 2.45) is 0 Å². The number of halogens is 1. The Morgan fingerprint density at radius 3 is 2.75 bits per heavy atom. The molecule has 3 aromatic heterocycles. The van der Waals surface area contributed by atoms with Crippen molar-refractivity contribution in [3.63, 3.8) is 0 Å². The van der Waals surface area contributed by atoms with E-state index in [1.165, 1.54) is 6.08 Å². The van der Waals surface area contributed by atoms with E-state index in [1.54, 1.807) is 30.6 Å². The molecule has 224 valence electrons. The first-order chi connectivity index (χ1) is 21.3. The number of ether oxygens (including phenoxy) is 1. The average molecular weight is 609 g/mol. The highest BCUT2D eigenvalue weighted by molar-refractivity contribution is 6.35. The molecule has 0 saturated heterocycles. The van der Waals surface area contributed by atoms with Crippen LogP contribution < -0.4 is 15.4 Å². The Bertz CT molecular complexity index is 1890. The largest absolute Gasteiger partial charge is 0.492 e. The van der Waals surface area contributed by atoms with Gasteiger partial charge in [-0.15, -0.1) is 0 Å². The summed E-state index contributed by atoms with van der Waals surface area (Å²) in [7, 11) is 3.85. The summed E-state index contributed by atoms with van der Waals surface area (Å²) >= 11 is 6.82. The number of fused-ring (bicyclic) bond motifs is 2. The van der Waals surface area contributed by atoms with Crippen molar-refractivity contribution >= 4 is 56.4 Å². The van der Waals surface area contributed by atoms with Gasteiger partial charge in [0.15, 0.2) is 0 Å². The smallest absolute Gasteiger partial charge is 0.248 e. The molecule has 1 amide bonds. The molecule has 11 heteroatoms. The molecule has 5 rings (SSSR count). The van der Waals surface area contributed by atoms with E-state index in [0.29, 0.717) is 76.1 Å². The molecule has 2 N–H and O–H groups in total. The molecule has 0 atom stereocenters. The summed E-state index contributed by atoms with van der Waals surface area (Å²) in [5, 5.41) is 23.2. The molecular formula is C33H33ClN8O2. The maximum Gasteiger partial charge on any atom is 0.248 e. The number of rotatable bonds is 11. The van der Waals surface area contributed by atoms with E-state index in [9.17, 15) is 10.1 Å². The fourth-order valence-corrected chi connectivity index (χ4v) is 5.25. The van der Waals surface area contributed by atoms with Crippen molar-refractivity contribution in [2.75, 3.05) is 37.9 Å². The second kappa shape index (κ2) is 13.5. The number of nitrogens with one attached hydrogen (secondary N) is 2. The number of aryl methyl sites for hydroxylation is 1. The Kier molecular flexibility index (Phi) is 9.38. The van der Waals surface area contributed by atoms with Crippen LogP contribution in [0.2, 0.25) is 5.02 Å². The lowest BCUT2D eigenvalue weighted by atomic mass is 10.0. The van der Waals surface area contributed by atoms with Crippen molar-refractivity contribution < 1.29 is 9.53 Å². The van der Waals surface area contributed by atoms with Crippen molar-refractivity contribution in [1.82, 2.24) is 24.6 Å². The van der Waals surface area contributed by atoms with Gasteiger partial charge in [0.1, 0.15) is 11.8 Å². The van der Waals surface area contributed by atoms with Crippen LogP contribution in [0.1, 0.15) is 30.8 Å². The molecule has 44 heavy (non-hydrogen) atoms. The molecule has 10 nitrogen and oxygen atoms in total. The zero-order valence-corrected chi connectivity index (χ0v) is 25.8. The Morgan fingerprint density at radius 1 is 1.20 bits per heavy atom. The van der Waals surface area contributed by atoms with Crippen LogP contribution in [0.25, 0.3) is 21.8 Å². The number of carbonyl (C=O) groups is 1. The Morgan fingerprint density at radius 2 is 2.05 bits per heavy atom. The van der Waals surface area contributed by atoms with Crippen molar-refractivity contribution in [1.29, 1.82) is 5.26 Å². The topological polar surface area (TPSA) is 121 Å². The summed E-state index contributed by atoms with van der Waals surface area (Å²) in [6.45, 7) is 5.34. The second-order valence-electron chi connectivity index (χ2n) is 10.4. The first-order valence-electron chi connectivity index (χ1n) is 14.3. The van der Waals surface area contributed by atoms with Gasteiger partial charge in [-0.3, -0.25) is 19.4 Å². The van der Waals surface area contributed by atoms with Crippen molar-refractivity contribution in [3.8, 4) is 11.8 Å². The van der Waals surface area contributed by atoms with Crippen LogP contribution in [0, 0.1) is 11.3 Å². The predicted octanol–water partition coefficient (Wildman–Crippen LogP) is 6.31. The lowest BCUT2D eigenvalue weighted by Gasteiger charge is -2.18. The molecule has 0 spiro atoms. The molecule has 0 unspecified atom stereocenters. The van der Waals surface area contributed by atoms with E-state index in [2.05, 4.69) is 26.8 Å². The summed E-state index contributed by atoms with van der Waals surface area (Å²) in [6.07, 6.45) is 7.33. The number of pyridine rings is 2. The SMILES string of the molecule is CCOc1cc2nc(CC)c(C#N)c(Nc3cc(Cl)c4c(cnn4Cc4ccccn4)c3)c2cc1NC(=O)/C=C/CN(C)C. The number of likely N-dealkylation sites (N-methyl/N-ethyl adjacent to an activating group) is 1. The maximum atomic E-state index is 12.8. The van der Waals surface area contributed by atoms with Crippen LogP contribution in [0.3, 0.4) is 0 Å². The minimum Gasteiger partial charge on any atom is -0.492 e. The molecular weight excluding hydrogens is 576 g/mol. The first kappa shape index (κ1) is 30.5. The molecule has 0 aliphatic rings. The van der Waals surface area contributed by atoms with Crippen LogP contribution in [-0.4, -0.2) is 57.8 Å². The van der Waals surface area contributed by atoms with Crippen LogP contribution in [-0.2, 0) is 17.8 Å². The van der Waals surface area contributed by atoms with Gasteiger partial charge in [-0.1, -0.05) is 30.7 Å². The standard InChI is InChI=1S/C33H33ClN8O2/c1-5-27-25(18-35)32(24-16-29(30(44-6-2)17-28(24)39-27)40-31(43)11-9-13-41(3)4)38-23-14-21-19-37-42(33(21)26(34)15-23)20-22-10-7-8-12-36-22/h7-12,14-17,19H,5-6,13,20H2,1-4H3,(H,38,39)(H,40,43)/b11-9+. The summed E-state index contributed by atoms with van der Waals surface area (Å²) in [5.41, 5.74) is 5.05. The van der Waals surface area contributed by atoms with E-state index in [0.717, 1.165) is 16.6 Å². The van der Waals surface area contributed by atoms with Crippen LogP contribution in [0.15, 0.2) is 67.0 Å².